The lowest BCUT2D eigenvalue weighted by atomic mass is 10.1. The second-order valence-corrected chi connectivity index (χ2v) is 4.46. The molecule has 0 unspecified atom stereocenters. The van der Waals surface area contributed by atoms with Crippen molar-refractivity contribution in [1.29, 1.82) is 0 Å². The Bertz CT molecular complexity index is 626. The molecule has 2 aromatic carbocycles. The van der Waals surface area contributed by atoms with Crippen molar-refractivity contribution in [2.24, 2.45) is 0 Å². The monoisotopic (exact) mass is 256 g/mol. The van der Waals surface area contributed by atoms with Gasteiger partial charge in [-0.3, -0.25) is 4.84 Å². The molecular formula is C15H16N2O2. The highest BCUT2D eigenvalue weighted by atomic mass is 16.7. The third kappa shape index (κ3) is 1.81. The first kappa shape index (κ1) is 11.9. The molecule has 0 fully saturated rings. The van der Waals surface area contributed by atoms with Crippen LogP contribution >= 0.6 is 0 Å². The molecule has 1 aliphatic heterocycles. The lowest BCUT2D eigenvalue weighted by molar-refractivity contribution is 0.201. The number of hydrogen-bond donors (Lipinski definition) is 1. The molecule has 0 aromatic heterocycles. The van der Waals surface area contributed by atoms with Crippen molar-refractivity contribution >= 4 is 22.7 Å². The van der Waals surface area contributed by atoms with Crippen LogP contribution in [-0.2, 0) is 4.84 Å². The third-order valence-electron chi connectivity index (χ3n) is 3.31. The Kier molecular flexibility index (Phi) is 2.80. The maximum atomic E-state index is 5.54. The van der Waals surface area contributed by atoms with Gasteiger partial charge in [0, 0.05) is 6.07 Å². The first-order valence-electron chi connectivity index (χ1n) is 6.13. The van der Waals surface area contributed by atoms with Gasteiger partial charge in [-0.15, -0.1) is 0 Å². The summed E-state index contributed by atoms with van der Waals surface area (Å²) >= 11 is 0. The Morgan fingerprint density at radius 2 is 1.84 bits per heavy atom. The Labute approximate surface area is 112 Å². The summed E-state index contributed by atoms with van der Waals surface area (Å²) in [4.78, 5) is 5.54. The van der Waals surface area contributed by atoms with Crippen LogP contribution < -0.4 is 15.1 Å². The molecule has 0 saturated heterocycles. The van der Waals surface area contributed by atoms with Crippen molar-refractivity contribution in [3.8, 4) is 5.75 Å². The average Bonchev–Trinajstić information content (AvgIpc) is 2.45. The fraction of sp³-hybridized carbons (Fsp3) is 0.200. The molecule has 0 saturated carbocycles. The third-order valence-corrected chi connectivity index (χ3v) is 3.31. The van der Waals surface area contributed by atoms with Crippen molar-refractivity contribution in [3.63, 3.8) is 0 Å². The quantitative estimate of drug-likeness (QED) is 0.887. The molecule has 0 atom stereocenters. The Hall–Kier alpha value is -2.20. The van der Waals surface area contributed by atoms with Gasteiger partial charge >= 0.3 is 0 Å². The summed E-state index contributed by atoms with van der Waals surface area (Å²) in [5.74, 6) is 0.819. The highest BCUT2D eigenvalue weighted by Crippen LogP contribution is 2.46. The number of nitrogens with one attached hydrogen (secondary N) is 1. The van der Waals surface area contributed by atoms with Crippen LogP contribution in [0.5, 0.6) is 5.75 Å². The number of aryl methyl sites for hydroxylation is 1. The summed E-state index contributed by atoms with van der Waals surface area (Å²) in [6, 6.07) is 12.0. The highest BCUT2D eigenvalue weighted by molar-refractivity contribution is 5.92. The van der Waals surface area contributed by atoms with Crippen LogP contribution in [-0.4, -0.2) is 14.2 Å². The van der Waals surface area contributed by atoms with Crippen LogP contribution in [0.2, 0.25) is 0 Å². The van der Waals surface area contributed by atoms with Gasteiger partial charge in [-0.1, -0.05) is 12.1 Å². The standard InChI is InChI=1S/C15H16N2O2/c1-10-8-11(18-2)9-14-15(10)16-12-6-4-5-7-13(12)17(14)19-3/h4-9,16H,1-3H3. The van der Waals surface area contributed by atoms with Crippen LogP contribution in [0.25, 0.3) is 0 Å². The van der Waals surface area contributed by atoms with Crippen LogP contribution in [0.4, 0.5) is 22.7 Å². The first-order chi connectivity index (χ1) is 9.24. The van der Waals surface area contributed by atoms with Gasteiger partial charge in [-0.2, -0.15) is 0 Å². The van der Waals surface area contributed by atoms with E-state index in [1.54, 1.807) is 14.2 Å². The number of nitrogens with zero attached hydrogens (tertiary/aromatic N) is 1. The van der Waals surface area contributed by atoms with Gasteiger partial charge in [0.15, 0.2) is 0 Å². The largest absolute Gasteiger partial charge is 0.497 e. The Balaban J connectivity index is 2.20. The van der Waals surface area contributed by atoms with E-state index >= 15 is 0 Å². The average molecular weight is 256 g/mol. The highest BCUT2D eigenvalue weighted by Gasteiger charge is 2.24. The van der Waals surface area contributed by atoms with E-state index in [1.165, 1.54) is 0 Å². The van der Waals surface area contributed by atoms with Crippen molar-refractivity contribution in [2.75, 3.05) is 24.6 Å². The number of hydrogen-bond acceptors (Lipinski definition) is 4. The minimum absolute atomic E-state index is 0.819. The summed E-state index contributed by atoms with van der Waals surface area (Å²) < 4.78 is 5.33. The fourth-order valence-corrected chi connectivity index (χ4v) is 2.39. The zero-order chi connectivity index (χ0) is 13.4. The van der Waals surface area contributed by atoms with E-state index in [0.717, 1.165) is 34.1 Å². The lowest BCUT2D eigenvalue weighted by Crippen LogP contribution is -2.21. The molecule has 0 bridgehead atoms. The number of benzene rings is 2. The molecule has 4 nitrogen and oxygen atoms in total. The van der Waals surface area contributed by atoms with E-state index in [0.29, 0.717) is 0 Å². The molecule has 3 rings (SSSR count). The molecular weight excluding hydrogens is 240 g/mol. The van der Waals surface area contributed by atoms with E-state index in [-0.39, 0.29) is 0 Å². The molecule has 1 aliphatic rings. The minimum atomic E-state index is 0.819. The molecule has 0 radical (unpaired) electrons. The van der Waals surface area contributed by atoms with Crippen molar-refractivity contribution in [3.05, 3.63) is 42.0 Å². The normalized spacial score (nSPS) is 12.5. The molecule has 2 aromatic rings. The number of fused-ring (bicyclic) bond motifs is 2. The van der Waals surface area contributed by atoms with Gasteiger partial charge in [0.1, 0.15) is 5.75 Å². The molecule has 98 valence electrons. The topological polar surface area (TPSA) is 33.7 Å². The zero-order valence-corrected chi connectivity index (χ0v) is 11.2. The van der Waals surface area contributed by atoms with Crippen LogP contribution in [0.15, 0.2) is 36.4 Å². The number of ether oxygens (including phenoxy) is 1. The van der Waals surface area contributed by atoms with Gasteiger partial charge < -0.3 is 10.1 Å². The predicted octanol–water partition coefficient (Wildman–Crippen LogP) is 3.76. The predicted molar refractivity (Wildman–Crippen MR) is 76.6 cm³/mol. The summed E-state index contributed by atoms with van der Waals surface area (Å²) in [6.45, 7) is 2.05. The molecule has 0 spiro atoms. The van der Waals surface area contributed by atoms with Gasteiger partial charge in [-0.05, 0) is 30.7 Å². The van der Waals surface area contributed by atoms with E-state index in [4.69, 9.17) is 9.57 Å². The molecule has 1 heterocycles. The second-order valence-electron chi connectivity index (χ2n) is 4.46. The molecule has 4 heteroatoms. The summed E-state index contributed by atoms with van der Waals surface area (Å²) in [5, 5.41) is 5.26. The molecule has 0 amide bonds. The van der Waals surface area contributed by atoms with Crippen LogP contribution in [0.1, 0.15) is 5.56 Å². The Morgan fingerprint density at radius 1 is 1.05 bits per heavy atom. The second kappa shape index (κ2) is 4.48. The minimum Gasteiger partial charge on any atom is -0.497 e. The summed E-state index contributed by atoms with van der Waals surface area (Å²) in [5.41, 5.74) is 5.14. The molecule has 0 aliphatic carbocycles. The van der Waals surface area contributed by atoms with Crippen molar-refractivity contribution < 1.29 is 9.57 Å². The number of para-hydroxylation sites is 2. The Morgan fingerprint density at radius 3 is 2.58 bits per heavy atom. The van der Waals surface area contributed by atoms with Gasteiger partial charge in [0.2, 0.25) is 0 Å². The van der Waals surface area contributed by atoms with Gasteiger partial charge in [-0.25, -0.2) is 5.06 Å². The van der Waals surface area contributed by atoms with Crippen LogP contribution in [0, 0.1) is 6.92 Å². The van der Waals surface area contributed by atoms with Crippen molar-refractivity contribution in [2.45, 2.75) is 6.92 Å². The maximum absolute atomic E-state index is 5.54. The maximum Gasteiger partial charge on any atom is 0.121 e. The van der Waals surface area contributed by atoms with E-state index in [9.17, 15) is 0 Å². The fourth-order valence-electron chi connectivity index (χ4n) is 2.39. The molecule has 19 heavy (non-hydrogen) atoms. The number of anilines is 4. The lowest BCUT2D eigenvalue weighted by Gasteiger charge is -2.32. The van der Waals surface area contributed by atoms with Crippen molar-refractivity contribution in [1.82, 2.24) is 0 Å². The number of rotatable bonds is 2. The van der Waals surface area contributed by atoms with E-state index < -0.39 is 0 Å². The summed E-state index contributed by atoms with van der Waals surface area (Å²) in [7, 11) is 3.34. The SMILES string of the molecule is COc1cc(C)c2c(c1)N(OC)c1ccccc1N2. The van der Waals surface area contributed by atoms with Gasteiger partial charge in [0.05, 0.1) is 37.0 Å². The van der Waals surface area contributed by atoms with E-state index in [1.807, 2.05) is 41.5 Å². The summed E-state index contributed by atoms with van der Waals surface area (Å²) in [6.07, 6.45) is 0. The molecule has 1 N–H and O–H groups in total. The first-order valence-corrected chi connectivity index (χ1v) is 6.13. The zero-order valence-electron chi connectivity index (χ0n) is 11.2. The number of methoxy groups -OCH3 is 1. The smallest absolute Gasteiger partial charge is 0.121 e. The van der Waals surface area contributed by atoms with E-state index in [2.05, 4.69) is 12.2 Å². The van der Waals surface area contributed by atoms with Crippen LogP contribution in [0.3, 0.4) is 0 Å². The van der Waals surface area contributed by atoms with Gasteiger partial charge in [0.25, 0.3) is 0 Å².